The van der Waals surface area contributed by atoms with Crippen molar-refractivity contribution in [3.63, 3.8) is 0 Å². The molecule has 2 nitrogen and oxygen atoms in total. The Labute approximate surface area is 86.2 Å². The summed E-state index contributed by atoms with van der Waals surface area (Å²) in [5, 5.41) is 0. The minimum Gasteiger partial charge on any atom is -0.326 e. The molecule has 1 aliphatic rings. The topological polar surface area (TPSA) is 29.3 Å². The number of hydrogen-bond acceptors (Lipinski definition) is 3. The van der Waals surface area contributed by atoms with Crippen LogP contribution in [0, 0.1) is 5.92 Å². The Bertz CT molecular complexity index is 135. The fraction of sp³-hybridized carbons (Fsp3) is 1.00. The highest BCUT2D eigenvalue weighted by atomic mass is 32.2. The minimum absolute atomic E-state index is 0.369. The molecule has 2 N–H and O–H groups in total. The monoisotopic (exact) mass is 202 g/mol. The van der Waals surface area contributed by atoms with Crippen LogP contribution < -0.4 is 5.73 Å². The molecule has 0 aliphatic carbocycles. The van der Waals surface area contributed by atoms with Crippen molar-refractivity contribution in [1.82, 2.24) is 4.90 Å². The summed E-state index contributed by atoms with van der Waals surface area (Å²) < 4.78 is 0. The molecule has 0 spiro atoms. The van der Waals surface area contributed by atoms with E-state index in [0.717, 1.165) is 6.54 Å². The Morgan fingerprint density at radius 2 is 2.00 bits per heavy atom. The summed E-state index contributed by atoms with van der Waals surface area (Å²) in [6.07, 6.45) is 1.20. The van der Waals surface area contributed by atoms with E-state index in [-0.39, 0.29) is 0 Å². The zero-order valence-electron chi connectivity index (χ0n) is 8.83. The number of rotatable bonds is 4. The summed E-state index contributed by atoms with van der Waals surface area (Å²) in [4.78, 5) is 2.51. The summed E-state index contributed by atoms with van der Waals surface area (Å²) in [5.74, 6) is 3.23. The first-order valence-corrected chi connectivity index (χ1v) is 6.45. The molecule has 13 heavy (non-hydrogen) atoms. The Hall–Kier alpha value is 0.270. The normalized spacial score (nSPS) is 24.2. The molecule has 1 rings (SSSR count). The molecule has 1 aliphatic heterocycles. The average Bonchev–Trinajstić information content (AvgIpc) is 2.18. The molecule has 0 aromatic heterocycles. The summed E-state index contributed by atoms with van der Waals surface area (Å²) in [6.45, 7) is 8.03. The Morgan fingerprint density at radius 3 is 2.54 bits per heavy atom. The largest absolute Gasteiger partial charge is 0.326 e. The fourth-order valence-corrected chi connectivity index (χ4v) is 2.54. The maximum atomic E-state index is 6.11. The van der Waals surface area contributed by atoms with Crippen molar-refractivity contribution in [1.29, 1.82) is 0 Å². The van der Waals surface area contributed by atoms with E-state index in [4.69, 9.17) is 5.73 Å². The quantitative estimate of drug-likeness (QED) is 0.747. The van der Waals surface area contributed by atoms with Gasteiger partial charge in [-0.05, 0) is 5.92 Å². The molecule has 0 amide bonds. The molecule has 1 saturated heterocycles. The van der Waals surface area contributed by atoms with Gasteiger partial charge in [-0.1, -0.05) is 20.3 Å². The van der Waals surface area contributed by atoms with Crippen LogP contribution in [0.25, 0.3) is 0 Å². The minimum atomic E-state index is 0.369. The van der Waals surface area contributed by atoms with Gasteiger partial charge in [0, 0.05) is 37.2 Å². The predicted molar refractivity (Wildman–Crippen MR) is 61.2 cm³/mol. The SMILES string of the molecule is CCC(C)C(N)CN1CCSCC1. The van der Waals surface area contributed by atoms with E-state index in [1.54, 1.807) is 0 Å². The summed E-state index contributed by atoms with van der Waals surface area (Å²) in [5.41, 5.74) is 6.11. The summed E-state index contributed by atoms with van der Waals surface area (Å²) in [7, 11) is 0. The lowest BCUT2D eigenvalue weighted by atomic mass is 10.00. The van der Waals surface area contributed by atoms with Crippen LogP contribution in [0.1, 0.15) is 20.3 Å². The van der Waals surface area contributed by atoms with Crippen molar-refractivity contribution in [3.8, 4) is 0 Å². The fourth-order valence-electron chi connectivity index (χ4n) is 1.56. The molecule has 1 heterocycles. The van der Waals surface area contributed by atoms with Crippen molar-refractivity contribution in [2.75, 3.05) is 31.1 Å². The molecule has 0 bridgehead atoms. The van der Waals surface area contributed by atoms with E-state index in [9.17, 15) is 0 Å². The van der Waals surface area contributed by atoms with E-state index in [0.29, 0.717) is 12.0 Å². The predicted octanol–water partition coefficient (Wildman–Crippen LogP) is 1.41. The summed E-state index contributed by atoms with van der Waals surface area (Å²) in [6, 6.07) is 0.369. The Balaban J connectivity index is 2.21. The van der Waals surface area contributed by atoms with Crippen molar-refractivity contribution in [2.24, 2.45) is 11.7 Å². The van der Waals surface area contributed by atoms with Crippen LogP contribution >= 0.6 is 11.8 Å². The highest BCUT2D eigenvalue weighted by Crippen LogP contribution is 2.12. The van der Waals surface area contributed by atoms with Gasteiger partial charge in [0.1, 0.15) is 0 Å². The van der Waals surface area contributed by atoms with Crippen LogP contribution in [0.15, 0.2) is 0 Å². The maximum absolute atomic E-state index is 6.11. The van der Waals surface area contributed by atoms with E-state index >= 15 is 0 Å². The van der Waals surface area contributed by atoms with E-state index < -0.39 is 0 Å². The van der Waals surface area contributed by atoms with Crippen LogP contribution in [0.5, 0.6) is 0 Å². The molecule has 78 valence electrons. The van der Waals surface area contributed by atoms with Crippen molar-refractivity contribution in [3.05, 3.63) is 0 Å². The average molecular weight is 202 g/mol. The van der Waals surface area contributed by atoms with Crippen LogP contribution in [-0.4, -0.2) is 42.1 Å². The van der Waals surface area contributed by atoms with E-state index in [1.165, 1.54) is 31.0 Å². The van der Waals surface area contributed by atoms with Crippen LogP contribution in [-0.2, 0) is 0 Å². The zero-order chi connectivity index (χ0) is 9.68. The van der Waals surface area contributed by atoms with Gasteiger partial charge in [-0.2, -0.15) is 11.8 Å². The number of thioether (sulfide) groups is 1. The van der Waals surface area contributed by atoms with Gasteiger partial charge in [-0.25, -0.2) is 0 Å². The molecule has 0 saturated carbocycles. The van der Waals surface area contributed by atoms with Crippen molar-refractivity contribution in [2.45, 2.75) is 26.3 Å². The molecule has 1 fully saturated rings. The van der Waals surface area contributed by atoms with Crippen LogP contribution in [0.4, 0.5) is 0 Å². The lowest BCUT2D eigenvalue weighted by Gasteiger charge is -2.30. The molecule has 0 aromatic rings. The van der Waals surface area contributed by atoms with Crippen LogP contribution in [0.3, 0.4) is 0 Å². The molecular weight excluding hydrogens is 180 g/mol. The number of nitrogens with zero attached hydrogens (tertiary/aromatic N) is 1. The van der Waals surface area contributed by atoms with Crippen molar-refractivity contribution >= 4 is 11.8 Å². The van der Waals surface area contributed by atoms with Gasteiger partial charge in [-0.3, -0.25) is 0 Å². The second-order valence-electron chi connectivity index (χ2n) is 3.96. The molecular formula is C10H22N2S. The van der Waals surface area contributed by atoms with Gasteiger partial charge in [0.15, 0.2) is 0 Å². The number of hydrogen-bond donors (Lipinski definition) is 1. The molecule has 2 unspecified atom stereocenters. The van der Waals surface area contributed by atoms with Crippen LogP contribution in [0.2, 0.25) is 0 Å². The van der Waals surface area contributed by atoms with Crippen molar-refractivity contribution < 1.29 is 0 Å². The molecule has 3 heteroatoms. The Kier molecular flexibility index (Phi) is 5.14. The highest BCUT2D eigenvalue weighted by molar-refractivity contribution is 7.99. The summed E-state index contributed by atoms with van der Waals surface area (Å²) >= 11 is 2.06. The molecule has 0 radical (unpaired) electrons. The lowest BCUT2D eigenvalue weighted by molar-refractivity contribution is 0.251. The van der Waals surface area contributed by atoms with Gasteiger partial charge in [-0.15, -0.1) is 0 Å². The molecule has 0 aromatic carbocycles. The molecule has 2 atom stereocenters. The number of nitrogens with two attached hydrogens (primary N) is 1. The van der Waals surface area contributed by atoms with Gasteiger partial charge in [0.05, 0.1) is 0 Å². The highest BCUT2D eigenvalue weighted by Gasteiger charge is 2.16. The smallest absolute Gasteiger partial charge is 0.0193 e. The second-order valence-corrected chi connectivity index (χ2v) is 5.19. The van der Waals surface area contributed by atoms with E-state index in [1.807, 2.05) is 0 Å². The van der Waals surface area contributed by atoms with Gasteiger partial charge >= 0.3 is 0 Å². The van der Waals surface area contributed by atoms with E-state index in [2.05, 4.69) is 30.5 Å². The third-order valence-corrected chi connectivity index (χ3v) is 3.89. The van der Waals surface area contributed by atoms with Gasteiger partial charge in [0.25, 0.3) is 0 Å². The first kappa shape index (κ1) is 11.3. The Morgan fingerprint density at radius 1 is 1.38 bits per heavy atom. The van der Waals surface area contributed by atoms with Gasteiger partial charge < -0.3 is 10.6 Å². The third-order valence-electron chi connectivity index (χ3n) is 2.95. The maximum Gasteiger partial charge on any atom is 0.0193 e. The second kappa shape index (κ2) is 5.89. The zero-order valence-corrected chi connectivity index (χ0v) is 9.65. The van der Waals surface area contributed by atoms with Gasteiger partial charge in [0.2, 0.25) is 0 Å². The lowest BCUT2D eigenvalue weighted by Crippen LogP contribution is -2.44. The first-order chi connectivity index (χ1) is 6.24. The first-order valence-electron chi connectivity index (χ1n) is 5.29. The standard InChI is InChI=1S/C10H22N2S/c1-3-9(2)10(11)8-12-4-6-13-7-5-12/h9-10H,3-8,11H2,1-2H3. The third kappa shape index (κ3) is 3.88.